The zero-order chi connectivity index (χ0) is 17.0. The van der Waals surface area contributed by atoms with Crippen LogP contribution in [-0.4, -0.2) is 22.9 Å². The molecule has 5 heteroatoms. The lowest BCUT2D eigenvalue weighted by molar-refractivity contribution is 0.00578. The van der Waals surface area contributed by atoms with Gasteiger partial charge in [-0.15, -0.1) is 0 Å². The van der Waals surface area contributed by atoms with Gasteiger partial charge in [-0.25, -0.2) is 0 Å². The minimum Gasteiger partial charge on any atom is -0.399 e. The van der Waals surface area contributed by atoms with E-state index in [1.165, 1.54) is 5.56 Å². The number of nitrogens with zero attached hydrogens (tertiary/aromatic N) is 1. The number of benzene rings is 1. The smallest absolute Gasteiger partial charge is 0.399 e. The van der Waals surface area contributed by atoms with E-state index in [-0.39, 0.29) is 18.3 Å². The Hall–Kier alpha value is -1.23. The average Bonchev–Trinajstić information content (AvgIpc) is 2.91. The summed E-state index contributed by atoms with van der Waals surface area (Å²) in [5, 5.41) is 0.732. The first-order chi connectivity index (χ1) is 10.6. The molecule has 1 aromatic heterocycles. The zero-order valence-corrected chi connectivity index (χ0v) is 15.4. The third kappa shape index (κ3) is 2.84. The highest BCUT2D eigenvalue weighted by atomic mass is 35.5. The van der Waals surface area contributed by atoms with Crippen LogP contribution in [0.4, 0.5) is 0 Å². The molecular weight excluding hydrogens is 308 g/mol. The van der Waals surface area contributed by atoms with Crippen LogP contribution in [0.3, 0.4) is 0 Å². The number of hydrogen-bond donors (Lipinski definition) is 0. The monoisotopic (exact) mass is 331 g/mol. The average molecular weight is 332 g/mol. The van der Waals surface area contributed by atoms with E-state index in [0.29, 0.717) is 0 Å². The van der Waals surface area contributed by atoms with Crippen LogP contribution < -0.4 is 5.46 Å². The summed E-state index contributed by atoms with van der Waals surface area (Å²) in [6.45, 7) is 12.4. The van der Waals surface area contributed by atoms with E-state index in [2.05, 4.69) is 58.4 Å². The normalized spacial score (nSPS) is 19.3. The van der Waals surface area contributed by atoms with Crippen molar-refractivity contribution in [2.45, 2.75) is 52.7 Å². The quantitative estimate of drug-likeness (QED) is 0.775. The molecule has 2 heterocycles. The molecule has 1 saturated heterocycles. The van der Waals surface area contributed by atoms with Crippen molar-refractivity contribution in [1.82, 2.24) is 4.57 Å². The molecule has 0 amide bonds. The van der Waals surface area contributed by atoms with Crippen LogP contribution in [0.2, 0.25) is 5.02 Å². The van der Waals surface area contributed by atoms with E-state index in [1.54, 1.807) is 0 Å². The van der Waals surface area contributed by atoms with Gasteiger partial charge in [0.05, 0.1) is 11.2 Å². The standard InChI is InChI=1S/C18H23BClNO2/c1-12-7-8-15(20)10-16(12)21-11-14(9-13(21)2)19-22-17(3,4)18(5,6)23-19/h7-11H,1-6H3. The van der Waals surface area contributed by atoms with Gasteiger partial charge in [0, 0.05) is 28.1 Å². The van der Waals surface area contributed by atoms with Crippen molar-refractivity contribution < 1.29 is 9.31 Å². The Bertz CT molecular complexity index is 735. The van der Waals surface area contributed by atoms with Gasteiger partial charge in [0.15, 0.2) is 0 Å². The van der Waals surface area contributed by atoms with Gasteiger partial charge >= 0.3 is 7.12 Å². The van der Waals surface area contributed by atoms with Gasteiger partial charge < -0.3 is 13.9 Å². The lowest BCUT2D eigenvalue weighted by Gasteiger charge is -2.32. The largest absolute Gasteiger partial charge is 0.496 e. The Kier molecular flexibility index (Phi) is 3.91. The summed E-state index contributed by atoms with van der Waals surface area (Å²) in [6, 6.07) is 8.04. The van der Waals surface area contributed by atoms with Crippen molar-refractivity contribution in [3.05, 3.63) is 46.7 Å². The van der Waals surface area contributed by atoms with E-state index >= 15 is 0 Å². The van der Waals surface area contributed by atoms with Crippen LogP contribution in [-0.2, 0) is 9.31 Å². The van der Waals surface area contributed by atoms with Gasteiger partial charge in [-0.3, -0.25) is 0 Å². The number of rotatable bonds is 2. The Morgan fingerprint density at radius 3 is 2.22 bits per heavy atom. The molecule has 0 aliphatic carbocycles. The van der Waals surface area contributed by atoms with Crippen LogP contribution in [0.25, 0.3) is 5.69 Å². The lowest BCUT2D eigenvalue weighted by atomic mass is 9.81. The van der Waals surface area contributed by atoms with Crippen LogP contribution >= 0.6 is 11.6 Å². The third-order valence-corrected chi connectivity index (χ3v) is 5.22. The van der Waals surface area contributed by atoms with Gasteiger partial charge in [-0.2, -0.15) is 0 Å². The predicted molar refractivity (Wildman–Crippen MR) is 96.0 cm³/mol. The number of aryl methyl sites for hydroxylation is 2. The maximum absolute atomic E-state index is 6.17. The highest BCUT2D eigenvalue weighted by Gasteiger charge is 2.52. The first kappa shape index (κ1) is 16.6. The molecule has 0 atom stereocenters. The highest BCUT2D eigenvalue weighted by Crippen LogP contribution is 2.36. The van der Waals surface area contributed by atoms with Crippen molar-refractivity contribution in [3.8, 4) is 5.69 Å². The fourth-order valence-corrected chi connectivity index (χ4v) is 2.97. The topological polar surface area (TPSA) is 23.4 Å². The van der Waals surface area contributed by atoms with Crippen molar-refractivity contribution >= 4 is 24.2 Å². The molecule has 122 valence electrons. The zero-order valence-electron chi connectivity index (χ0n) is 14.6. The first-order valence-corrected chi connectivity index (χ1v) is 8.29. The molecule has 0 radical (unpaired) electrons. The Morgan fingerprint density at radius 2 is 1.61 bits per heavy atom. The van der Waals surface area contributed by atoms with E-state index in [1.807, 2.05) is 18.2 Å². The van der Waals surface area contributed by atoms with E-state index in [4.69, 9.17) is 20.9 Å². The molecule has 0 unspecified atom stereocenters. The third-order valence-electron chi connectivity index (χ3n) is 4.99. The van der Waals surface area contributed by atoms with E-state index in [0.717, 1.165) is 21.9 Å². The van der Waals surface area contributed by atoms with Crippen LogP contribution in [0.5, 0.6) is 0 Å². The molecule has 1 aromatic carbocycles. The summed E-state index contributed by atoms with van der Waals surface area (Å²) in [4.78, 5) is 0. The van der Waals surface area contributed by atoms with Gasteiger partial charge in [-0.05, 0) is 65.3 Å². The molecule has 2 aromatic rings. The minimum absolute atomic E-state index is 0.334. The molecule has 3 nitrogen and oxygen atoms in total. The van der Waals surface area contributed by atoms with Crippen molar-refractivity contribution in [2.24, 2.45) is 0 Å². The number of hydrogen-bond acceptors (Lipinski definition) is 2. The van der Waals surface area contributed by atoms with Crippen LogP contribution in [0.15, 0.2) is 30.5 Å². The fourth-order valence-electron chi connectivity index (χ4n) is 2.81. The van der Waals surface area contributed by atoms with Gasteiger partial charge in [0.1, 0.15) is 0 Å². The lowest BCUT2D eigenvalue weighted by Crippen LogP contribution is -2.41. The molecule has 1 aliphatic rings. The second-order valence-corrected chi connectivity index (χ2v) is 7.74. The summed E-state index contributed by atoms with van der Waals surface area (Å²) in [7, 11) is -0.348. The van der Waals surface area contributed by atoms with Gasteiger partial charge in [0.2, 0.25) is 0 Å². The molecule has 0 spiro atoms. The van der Waals surface area contributed by atoms with Gasteiger partial charge in [-0.1, -0.05) is 17.7 Å². The van der Waals surface area contributed by atoms with Crippen molar-refractivity contribution in [1.29, 1.82) is 0 Å². The second kappa shape index (κ2) is 5.40. The summed E-state index contributed by atoms with van der Waals surface area (Å²) in [6.07, 6.45) is 2.08. The Balaban J connectivity index is 1.98. The number of aromatic nitrogens is 1. The Labute approximate surface area is 143 Å². The van der Waals surface area contributed by atoms with Crippen molar-refractivity contribution in [3.63, 3.8) is 0 Å². The van der Waals surface area contributed by atoms with Gasteiger partial charge in [0.25, 0.3) is 0 Å². The highest BCUT2D eigenvalue weighted by molar-refractivity contribution is 6.62. The molecular formula is C18H23BClNO2. The van der Waals surface area contributed by atoms with E-state index < -0.39 is 0 Å². The maximum atomic E-state index is 6.17. The maximum Gasteiger partial charge on any atom is 0.496 e. The predicted octanol–water partition coefficient (Wildman–Crippen LogP) is 4.05. The second-order valence-electron chi connectivity index (χ2n) is 7.30. The van der Waals surface area contributed by atoms with E-state index in [9.17, 15) is 0 Å². The SMILES string of the molecule is Cc1ccc(Cl)cc1-n1cc(B2OC(C)(C)C(C)(C)O2)cc1C. The summed E-state index contributed by atoms with van der Waals surface area (Å²) < 4.78 is 14.4. The molecule has 0 N–H and O–H groups in total. The van der Waals surface area contributed by atoms with Crippen molar-refractivity contribution in [2.75, 3.05) is 0 Å². The Morgan fingerprint density at radius 1 is 1.00 bits per heavy atom. The van der Waals surface area contributed by atoms with Crippen LogP contribution in [0.1, 0.15) is 39.0 Å². The molecule has 0 bridgehead atoms. The first-order valence-electron chi connectivity index (χ1n) is 7.92. The summed E-state index contributed by atoms with van der Waals surface area (Å²) in [5.74, 6) is 0. The molecule has 1 fully saturated rings. The minimum atomic E-state index is -0.348. The molecule has 0 saturated carbocycles. The summed E-state index contributed by atoms with van der Waals surface area (Å²) in [5.41, 5.74) is 3.74. The fraction of sp³-hybridized carbons (Fsp3) is 0.444. The number of halogens is 1. The van der Waals surface area contributed by atoms with Crippen LogP contribution in [0, 0.1) is 13.8 Å². The summed E-state index contributed by atoms with van der Waals surface area (Å²) >= 11 is 6.17. The molecule has 1 aliphatic heterocycles. The molecule has 3 rings (SSSR count). The molecule has 23 heavy (non-hydrogen) atoms.